The lowest BCUT2D eigenvalue weighted by Gasteiger charge is -2.65. The highest BCUT2D eigenvalue weighted by Crippen LogP contribution is 2.74. The number of rotatable bonds is 9. The van der Waals surface area contributed by atoms with Crippen molar-refractivity contribution >= 4 is 11.9 Å². The second-order valence-corrected chi connectivity index (χ2v) is 12.7. The van der Waals surface area contributed by atoms with E-state index in [4.69, 9.17) is 5.11 Å². The van der Waals surface area contributed by atoms with Gasteiger partial charge in [-0.15, -0.1) is 0 Å². The van der Waals surface area contributed by atoms with E-state index in [-0.39, 0.29) is 28.8 Å². The van der Waals surface area contributed by atoms with Crippen molar-refractivity contribution in [3.05, 3.63) is 22.8 Å². The molecule has 198 valence electrons. The van der Waals surface area contributed by atoms with E-state index in [2.05, 4.69) is 27.7 Å². The summed E-state index contributed by atoms with van der Waals surface area (Å²) in [4.78, 5) is 23.1. The third kappa shape index (κ3) is 4.74. The zero-order chi connectivity index (χ0) is 26.2. The summed E-state index contributed by atoms with van der Waals surface area (Å²) in [5, 5.41) is 28.6. The average molecular weight is 489 g/mol. The Labute approximate surface area is 212 Å². The van der Waals surface area contributed by atoms with Crippen LogP contribution in [0.25, 0.3) is 0 Å². The molecule has 0 saturated heterocycles. The molecule has 0 aliphatic heterocycles. The number of aliphatic hydroxyl groups excluding tert-OH is 1. The van der Waals surface area contributed by atoms with Crippen LogP contribution in [0.4, 0.5) is 0 Å². The van der Waals surface area contributed by atoms with E-state index in [0.717, 1.165) is 56.9 Å². The molecular formula is C30H48O5. The van der Waals surface area contributed by atoms with Crippen LogP contribution in [-0.2, 0) is 9.59 Å². The van der Waals surface area contributed by atoms with Gasteiger partial charge in [0.15, 0.2) is 0 Å². The van der Waals surface area contributed by atoms with E-state index in [0.29, 0.717) is 28.9 Å². The summed E-state index contributed by atoms with van der Waals surface area (Å²) in [6.07, 6.45) is 11.9. The predicted octanol–water partition coefficient (Wildman–Crippen LogP) is 6.86. The molecule has 3 fully saturated rings. The van der Waals surface area contributed by atoms with Gasteiger partial charge in [0.05, 0.1) is 0 Å². The minimum atomic E-state index is -0.829. The van der Waals surface area contributed by atoms with Crippen molar-refractivity contribution in [2.45, 2.75) is 106 Å². The molecule has 0 radical (unpaired) electrons. The second kappa shape index (κ2) is 10.4. The summed E-state index contributed by atoms with van der Waals surface area (Å²) < 4.78 is 0. The van der Waals surface area contributed by atoms with Gasteiger partial charge in [-0.2, -0.15) is 0 Å². The quantitative estimate of drug-likeness (QED) is 0.308. The first-order valence-electron chi connectivity index (χ1n) is 13.8. The Bertz CT molecular complexity index is 887. The molecule has 3 N–H and O–H groups in total. The predicted molar refractivity (Wildman–Crippen MR) is 139 cm³/mol. The first-order chi connectivity index (χ1) is 16.3. The fourth-order valence-corrected chi connectivity index (χ4v) is 9.04. The summed E-state index contributed by atoms with van der Waals surface area (Å²) in [5.41, 5.74) is 2.60. The van der Waals surface area contributed by atoms with Crippen molar-refractivity contribution in [1.29, 1.82) is 0 Å². The van der Waals surface area contributed by atoms with Crippen LogP contribution in [0.15, 0.2) is 22.8 Å². The van der Waals surface area contributed by atoms with E-state index in [1.165, 1.54) is 12.8 Å². The van der Waals surface area contributed by atoms with Crippen LogP contribution in [0.2, 0.25) is 0 Å². The Balaban J connectivity index is 1.88. The molecule has 3 aliphatic rings. The van der Waals surface area contributed by atoms with Crippen molar-refractivity contribution in [3.8, 4) is 0 Å². The van der Waals surface area contributed by atoms with Gasteiger partial charge in [-0.05, 0) is 118 Å². The maximum absolute atomic E-state index is 11.9. The molecule has 0 unspecified atom stereocenters. The van der Waals surface area contributed by atoms with Crippen LogP contribution in [0.3, 0.4) is 0 Å². The first kappa shape index (κ1) is 28.0. The lowest BCUT2D eigenvalue weighted by atomic mass is 9.40. The van der Waals surface area contributed by atoms with Gasteiger partial charge in [0.1, 0.15) is 0 Å². The Morgan fingerprint density at radius 2 is 1.71 bits per heavy atom. The van der Waals surface area contributed by atoms with E-state index >= 15 is 0 Å². The molecule has 3 aliphatic carbocycles. The van der Waals surface area contributed by atoms with Gasteiger partial charge >= 0.3 is 11.9 Å². The fraction of sp³-hybridized carbons (Fsp3) is 0.800. The van der Waals surface area contributed by atoms with E-state index < -0.39 is 11.9 Å². The van der Waals surface area contributed by atoms with Crippen molar-refractivity contribution in [2.24, 2.45) is 39.9 Å². The van der Waals surface area contributed by atoms with E-state index in [1.54, 1.807) is 13.8 Å². The zero-order valence-corrected chi connectivity index (χ0v) is 22.8. The van der Waals surface area contributed by atoms with Gasteiger partial charge in [-0.25, -0.2) is 9.59 Å². The largest absolute Gasteiger partial charge is 0.478 e. The smallest absolute Gasteiger partial charge is 0.331 e. The molecule has 5 heteroatoms. The Kier molecular flexibility index (Phi) is 8.30. The maximum atomic E-state index is 11.9. The van der Waals surface area contributed by atoms with Gasteiger partial charge in [-0.3, -0.25) is 0 Å². The number of aliphatic hydroxyl groups is 1. The number of hydrogen-bond acceptors (Lipinski definition) is 3. The summed E-state index contributed by atoms with van der Waals surface area (Å²) in [6.45, 7) is 13.4. The number of carboxylic acid groups (broad SMARTS) is 2. The molecule has 0 aromatic carbocycles. The first-order valence-corrected chi connectivity index (χ1v) is 13.8. The minimum Gasteiger partial charge on any atom is -0.478 e. The van der Waals surface area contributed by atoms with Crippen LogP contribution in [0.5, 0.6) is 0 Å². The molecule has 7 atom stereocenters. The standard InChI is InChI=1S/C30H48O5/c1-19(9-7-10-20(2)26(32)33)23-14-15-30(6)25-13-12-22(21(3)27(34)35)24(11-8-18-31)28(25,4)16-17-29(23,30)5/h10,19,23-25,31H,7-9,11-18H2,1-6H3,(H,32,33)(H,34,35)/b20-10+,22-21-/t19-,23-,24-,25-,28+,29-,30+/m1/s1. The number of hydrogen-bond donors (Lipinski definition) is 3. The van der Waals surface area contributed by atoms with Crippen LogP contribution in [0, 0.1) is 39.9 Å². The third-order valence-corrected chi connectivity index (χ3v) is 11.3. The summed E-state index contributed by atoms with van der Waals surface area (Å²) in [6, 6.07) is 0. The van der Waals surface area contributed by atoms with Gasteiger partial charge in [0.2, 0.25) is 0 Å². The van der Waals surface area contributed by atoms with Crippen LogP contribution >= 0.6 is 0 Å². The topological polar surface area (TPSA) is 94.8 Å². The van der Waals surface area contributed by atoms with E-state index in [1.807, 2.05) is 6.08 Å². The molecule has 5 nitrogen and oxygen atoms in total. The minimum absolute atomic E-state index is 0.0627. The van der Waals surface area contributed by atoms with Crippen molar-refractivity contribution < 1.29 is 24.9 Å². The molecule has 0 heterocycles. The van der Waals surface area contributed by atoms with Crippen LogP contribution in [0.1, 0.15) is 106 Å². The molecule has 3 rings (SSSR count). The normalized spacial score (nSPS) is 39.5. The molecule has 0 aromatic rings. The molecule has 0 bridgehead atoms. The highest BCUT2D eigenvalue weighted by molar-refractivity contribution is 5.87. The number of aliphatic carboxylic acids is 2. The van der Waals surface area contributed by atoms with Gasteiger partial charge in [0, 0.05) is 17.8 Å². The van der Waals surface area contributed by atoms with Gasteiger partial charge in [0.25, 0.3) is 0 Å². The second-order valence-electron chi connectivity index (χ2n) is 12.7. The molecule has 0 spiro atoms. The van der Waals surface area contributed by atoms with Crippen molar-refractivity contribution in [3.63, 3.8) is 0 Å². The summed E-state index contributed by atoms with van der Waals surface area (Å²) in [5.74, 6) is 0.321. The zero-order valence-electron chi connectivity index (χ0n) is 22.8. The summed E-state index contributed by atoms with van der Waals surface area (Å²) in [7, 11) is 0. The highest BCUT2D eigenvalue weighted by atomic mass is 16.4. The molecule has 0 aromatic heterocycles. The maximum Gasteiger partial charge on any atom is 0.331 e. The number of fused-ring (bicyclic) bond motifs is 3. The number of carboxylic acids is 2. The Morgan fingerprint density at radius 1 is 1.03 bits per heavy atom. The highest BCUT2D eigenvalue weighted by Gasteiger charge is 2.66. The lowest BCUT2D eigenvalue weighted by Crippen LogP contribution is -2.57. The Hall–Kier alpha value is -1.62. The SMILES string of the molecule is C/C(C(=O)O)=C1\CC[C@@H]2[C@@](C)(CC[C@]3(C)[C@@H]([C@H](C)CC/C=C(\C)C(=O)O)CC[C@@]23C)[C@@H]1CCCO. The van der Waals surface area contributed by atoms with Crippen molar-refractivity contribution in [1.82, 2.24) is 0 Å². The molecule has 35 heavy (non-hydrogen) atoms. The van der Waals surface area contributed by atoms with Crippen LogP contribution < -0.4 is 0 Å². The Morgan fingerprint density at radius 3 is 2.31 bits per heavy atom. The fourth-order valence-electron chi connectivity index (χ4n) is 9.04. The number of carbonyl (C=O) groups is 2. The average Bonchev–Trinajstić information content (AvgIpc) is 3.08. The monoisotopic (exact) mass is 488 g/mol. The van der Waals surface area contributed by atoms with Crippen molar-refractivity contribution in [2.75, 3.05) is 6.61 Å². The molecule has 0 amide bonds. The lowest BCUT2D eigenvalue weighted by molar-refractivity contribution is -0.145. The molecule has 3 saturated carbocycles. The van der Waals surface area contributed by atoms with Crippen LogP contribution in [-0.4, -0.2) is 33.9 Å². The van der Waals surface area contributed by atoms with Gasteiger partial charge < -0.3 is 15.3 Å². The van der Waals surface area contributed by atoms with Gasteiger partial charge in [-0.1, -0.05) is 39.3 Å². The van der Waals surface area contributed by atoms with E-state index in [9.17, 15) is 19.8 Å². The third-order valence-electron chi connectivity index (χ3n) is 11.3. The summed E-state index contributed by atoms with van der Waals surface area (Å²) >= 11 is 0. The number of allylic oxidation sites excluding steroid dienone is 2. The molecular weight excluding hydrogens is 440 g/mol.